The molecule has 0 aliphatic carbocycles. The predicted molar refractivity (Wildman–Crippen MR) is 49.4 cm³/mol. The first-order valence-corrected chi connectivity index (χ1v) is 4.57. The SMILES string of the molecule is Cc1nc(C(=O)N(C)CC#N)cs1. The molecular formula is C8H9N3OS. The topological polar surface area (TPSA) is 57.0 Å². The fourth-order valence-electron chi connectivity index (χ4n) is 0.835. The van der Waals surface area contributed by atoms with Crippen molar-refractivity contribution >= 4 is 17.2 Å². The molecule has 0 fully saturated rings. The Bertz CT molecular complexity index is 353. The van der Waals surface area contributed by atoms with Gasteiger partial charge in [0.1, 0.15) is 12.2 Å². The minimum absolute atomic E-state index is 0.0927. The molecule has 0 unspecified atom stereocenters. The lowest BCUT2D eigenvalue weighted by Gasteiger charge is -2.10. The van der Waals surface area contributed by atoms with Gasteiger partial charge in [0.15, 0.2) is 0 Å². The summed E-state index contributed by atoms with van der Waals surface area (Å²) in [4.78, 5) is 16.8. The maximum atomic E-state index is 11.5. The molecule has 0 aliphatic heterocycles. The van der Waals surface area contributed by atoms with Crippen LogP contribution in [0.4, 0.5) is 0 Å². The first-order valence-electron chi connectivity index (χ1n) is 3.69. The summed E-state index contributed by atoms with van der Waals surface area (Å²) in [6.45, 7) is 1.93. The number of amides is 1. The molecule has 68 valence electrons. The lowest BCUT2D eigenvalue weighted by atomic mass is 10.4. The zero-order valence-corrected chi connectivity index (χ0v) is 8.26. The van der Waals surface area contributed by atoms with Crippen LogP contribution in [0.1, 0.15) is 15.5 Å². The highest BCUT2D eigenvalue weighted by Crippen LogP contribution is 2.09. The van der Waals surface area contributed by atoms with Gasteiger partial charge in [-0.05, 0) is 6.92 Å². The molecule has 0 aromatic carbocycles. The first kappa shape index (κ1) is 9.68. The van der Waals surface area contributed by atoms with Crippen LogP contribution in [-0.2, 0) is 0 Å². The maximum Gasteiger partial charge on any atom is 0.273 e. The number of aryl methyl sites for hydroxylation is 1. The normalized spacial score (nSPS) is 9.31. The Morgan fingerprint density at radius 3 is 3.00 bits per heavy atom. The van der Waals surface area contributed by atoms with Crippen LogP contribution in [0.2, 0.25) is 0 Å². The third-order valence-corrected chi connectivity index (χ3v) is 2.27. The molecule has 1 aromatic rings. The van der Waals surface area contributed by atoms with E-state index in [1.54, 1.807) is 12.4 Å². The Hall–Kier alpha value is -1.41. The Morgan fingerprint density at radius 2 is 2.54 bits per heavy atom. The zero-order chi connectivity index (χ0) is 9.84. The van der Waals surface area contributed by atoms with E-state index in [4.69, 9.17) is 5.26 Å². The monoisotopic (exact) mass is 195 g/mol. The van der Waals surface area contributed by atoms with Gasteiger partial charge in [-0.1, -0.05) is 0 Å². The molecule has 5 heteroatoms. The van der Waals surface area contributed by atoms with Gasteiger partial charge < -0.3 is 4.90 Å². The molecule has 1 heterocycles. The van der Waals surface area contributed by atoms with E-state index in [1.807, 2.05) is 13.0 Å². The predicted octanol–water partition coefficient (Wildman–Crippen LogP) is 1.05. The fraction of sp³-hybridized carbons (Fsp3) is 0.375. The van der Waals surface area contributed by atoms with Gasteiger partial charge in [-0.2, -0.15) is 5.26 Å². The molecule has 0 atom stereocenters. The van der Waals surface area contributed by atoms with Crippen molar-refractivity contribution in [3.8, 4) is 6.07 Å². The van der Waals surface area contributed by atoms with Gasteiger partial charge in [-0.25, -0.2) is 4.98 Å². The van der Waals surface area contributed by atoms with Crippen molar-refractivity contribution in [3.05, 3.63) is 16.1 Å². The Morgan fingerprint density at radius 1 is 1.85 bits per heavy atom. The van der Waals surface area contributed by atoms with Crippen molar-refractivity contribution in [1.29, 1.82) is 5.26 Å². The number of rotatable bonds is 2. The van der Waals surface area contributed by atoms with E-state index in [0.29, 0.717) is 5.69 Å². The third kappa shape index (κ3) is 2.26. The van der Waals surface area contributed by atoms with Crippen molar-refractivity contribution in [1.82, 2.24) is 9.88 Å². The molecule has 1 rings (SSSR count). The molecule has 0 saturated carbocycles. The summed E-state index contributed by atoms with van der Waals surface area (Å²) in [5.74, 6) is -0.203. The van der Waals surface area contributed by atoms with Crippen LogP contribution in [0.15, 0.2) is 5.38 Å². The average molecular weight is 195 g/mol. The van der Waals surface area contributed by atoms with Crippen LogP contribution in [0.25, 0.3) is 0 Å². The molecule has 0 bridgehead atoms. The molecule has 1 amide bonds. The molecule has 1 aromatic heterocycles. The van der Waals surface area contributed by atoms with Crippen molar-refractivity contribution < 1.29 is 4.79 Å². The highest BCUT2D eigenvalue weighted by atomic mass is 32.1. The molecular weight excluding hydrogens is 186 g/mol. The quantitative estimate of drug-likeness (QED) is 0.663. The molecule has 13 heavy (non-hydrogen) atoms. The number of aromatic nitrogens is 1. The van der Waals surface area contributed by atoms with E-state index in [9.17, 15) is 4.79 Å². The summed E-state index contributed by atoms with van der Waals surface area (Å²) in [6.07, 6.45) is 0. The zero-order valence-electron chi connectivity index (χ0n) is 7.44. The van der Waals surface area contributed by atoms with E-state index in [2.05, 4.69) is 4.98 Å². The van der Waals surface area contributed by atoms with Crippen LogP contribution < -0.4 is 0 Å². The molecule has 0 N–H and O–H groups in total. The minimum atomic E-state index is -0.203. The van der Waals surface area contributed by atoms with E-state index < -0.39 is 0 Å². The van der Waals surface area contributed by atoms with Crippen LogP contribution in [0.3, 0.4) is 0 Å². The lowest BCUT2D eigenvalue weighted by Crippen LogP contribution is -2.27. The summed E-state index contributed by atoms with van der Waals surface area (Å²) >= 11 is 1.43. The molecule has 0 spiro atoms. The van der Waals surface area contributed by atoms with Crippen molar-refractivity contribution in [2.45, 2.75) is 6.92 Å². The van der Waals surface area contributed by atoms with E-state index in [0.717, 1.165) is 5.01 Å². The number of nitriles is 1. The Kier molecular flexibility index (Phi) is 2.98. The van der Waals surface area contributed by atoms with Crippen molar-refractivity contribution in [2.24, 2.45) is 0 Å². The van der Waals surface area contributed by atoms with Gasteiger partial charge in [-0.3, -0.25) is 4.79 Å². The summed E-state index contributed by atoms with van der Waals surface area (Å²) in [5.41, 5.74) is 0.417. The summed E-state index contributed by atoms with van der Waals surface area (Å²) in [7, 11) is 1.58. The highest BCUT2D eigenvalue weighted by Gasteiger charge is 2.13. The minimum Gasteiger partial charge on any atom is -0.327 e. The average Bonchev–Trinajstić information content (AvgIpc) is 2.51. The molecule has 0 aliphatic rings. The second-order valence-corrected chi connectivity index (χ2v) is 3.63. The number of carbonyl (C=O) groups is 1. The number of thiazole rings is 1. The number of hydrogen-bond donors (Lipinski definition) is 0. The van der Waals surface area contributed by atoms with Crippen molar-refractivity contribution in [2.75, 3.05) is 13.6 Å². The van der Waals surface area contributed by atoms with E-state index >= 15 is 0 Å². The molecule has 0 radical (unpaired) electrons. The summed E-state index contributed by atoms with van der Waals surface area (Å²) in [6, 6.07) is 1.91. The largest absolute Gasteiger partial charge is 0.327 e. The van der Waals surface area contributed by atoms with Gasteiger partial charge in [0.25, 0.3) is 5.91 Å². The standard InChI is InChI=1S/C8H9N3OS/c1-6-10-7(5-13-6)8(12)11(2)4-3-9/h5H,4H2,1-2H3. The summed E-state index contributed by atoms with van der Waals surface area (Å²) in [5, 5.41) is 10.9. The maximum absolute atomic E-state index is 11.5. The van der Waals surface area contributed by atoms with E-state index in [1.165, 1.54) is 16.2 Å². The smallest absolute Gasteiger partial charge is 0.273 e. The summed E-state index contributed by atoms with van der Waals surface area (Å²) < 4.78 is 0. The van der Waals surface area contributed by atoms with Crippen LogP contribution in [0, 0.1) is 18.3 Å². The number of hydrogen-bond acceptors (Lipinski definition) is 4. The van der Waals surface area contributed by atoms with Crippen LogP contribution in [0.5, 0.6) is 0 Å². The highest BCUT2D eigenvalue weighted by molar-refractivity contribution is 7.09. The molecule has 4 nitrogen and oxygen atoms in total. The van der Waals surface area contributed by atoms with Gasteiger partial charge in [0.2, 0.25) is 0 Å². The second kappa shape index (κ2) is 4.01. The fourth-order valence-corrected chi connectivity index (χ4v) is 1.42. The second-order valence-electron chi connectivity index (χ2n) is 2.57. The van der Waals surface area contributed by atoms with Crippen LogP contribution in [-0.4, -0.2) is 29.4 Å². The van der Waals surface area contributed by atoms with Gasteiger partial charge >= 0.3 is 0 Å². The van der Waals surface area contributed by atoms with Crippen molar-refractivity contribution in [3.63, 3.8) is 0 Å². The number of carbonyl (C=O) groups excluding carboxylic acids is 1. The van der Waals surface area contributed by atoms with Gasteiger partial charge in [-0.15, -0.1) is 11.3 Å². The Labute approximate surface area is 80.4 Å². The van der Waals surface area contributed by atoms with E-state index in [-0.39, 0.29) is 12.5 Å². The first-order chi connectivity index (χ1) is 6.15. The third-order valence-electron chi connectivity index (χ3n) is 1.49. The Balaban J connectivity index is 2.74. The van der Waals surface area contributed by atoms with Crippen LogP contribution >= 0.6 is 11.3 Å². The molecule has 0 saturated heterocycles. The van der Waals surface area contributed by atoms with Gasteiger partial charge in [0.05, 0.1) is 11.1 Å². The number of nitrogens with zero attached hydrogens (tertiary/aromatic N) is 3. The lowest BCUT2D eigenvalue weighted by molar-refractivity contribution is 0.0807. The van der Waals surface area contributed by atoms with Gasteiger partial charge in [0, 0.05) is 12.4 Å².